The monoisotopic (exact) mass is 243 g/mol. The summed E-state index contributed by atoms with van der Waals surface area (Å²) in [5.74, 6) is 0.905. The van der Waals surface area contributed by atoms with E-state index in [1.165, 1.54) is 5.56 Å². The number of aryl methyl sites for hydroxylation is 1. The van der Waals surface area contributed by atoms with Crippen LogP contribution in [0.25, 0.3) is 0 Å². The van der Waals surface area contributed by atoms with Gasteiger partial charge in [-0.25, -0.2) is 0 Å². The topological polar surface area (TPSA) is 41.5 Å². The number of rotatable bonds is 4. The van der Waals surface area contributed by atoms with Crippen LogP contribution in [0.2, 0.25) is 0 Å². The lowest BCUT2D eigenvalue weighted by Gasteiger charge is -2.11. The summed E-state index contributed by atoms with van der Waals surface area (Å²) in [6.45, 7) is 2.64. The summed E-state index contributed by atoms with van der Waals surface area (Å²) in [5.41, 5.74) is 3.11. The maximum Gasteiger partial charge on any atom is 0.124 e. The molecule has 0 heterocycles. The highest BCUT2D eigenvalue weighted by atomic mass is 16.5. The second-order valence-corrected chi connectivity index (χ2v) is 4.16. The van der Waals surface area contributed by atoms with Crippen LogP contribution >= 0.6 is 0 Å². The minimum absolute atomic E-state index is 0.246. The van der Waals surface area contributed by atoms with Crippen LogP contribution in [0.5, 0.6) is 11.5 Å². The SMILES string of the molecule is COc1ccc(CNc2ccccc2C)c(O)c1. The molecule has 2 aromatic rings. The van der Waals surface area contributed by atoms with E-state index < -0.39 is 0 Å². The second kappa shape index (κ2) is 5.45. The first-order valence-electron chi connectivity index (χ1n) is 5.86. The van der Waals surface area contributed by atoms with Crippen LogP contribution in [0.15, 0.2) is 42.5 Å². The summed E-state index contributed by atoms with van der Waals surface area (Å²) in [6, 6.07) is 13.4. The summed E-state index contributed by atoms with van der Waals surface area (Å²) in [6.07, 6.45) is 0. The van der Waals surface area contributed by atoms with Crippen LogP contribution in [0.4, 0.5) is 5.69 Å². The van der Waals surface area contributed by atoms with Crippen LogP contribution in [0.1, 0.15) is 11.1 Å². The van der Waals surface area contributed by atoms with E-state index in [-0.39, 0.29) is 5.75 Å². The number of ether oxygens (including phenoxy) is 1. The van der Waals surface area contributed by atoms with E-state index >= 15 is 0 Å². The van der Waals surface area contributed by atoms with Gasteiger partial charge in [0.1, 0.15) is 11.5 Å². The van der Waals surface area contributed by atoms with Crippen molar-refractivity contribution in [3.8, 4) is 11.5 Å². The first-order chi connectivity index (χ1) is 8.70. The summed E-state index contributed by atoms with van der Waals surface area (Å²) in [4.78, 5) is 0. The fourth-order valence-electron chi connectivity index (χ4n) is 1.78. The van der Waals surface area contributed by atoms with Crippen molar-refractivity contribution in [3.63, 3.8) is 0 Å². The van der Waals surface area contributed by atoms with Gasteiger partial charge in [0.2, 0.25) is 0 Å². The average Bonchev–Trinajstić information content (AvgIpc) is 2.39. The lowest BCUT2D eigenvalue weighted by molar-refractivity contribution is 0.406. The lowest BCUT2D eigenvalue weighted by atomic mass is 10.1. The third kappa shape index (κ3) is 2.74. The number of phenolic OH excluding ortho intramolecular Hbond substituents is 1. The molecular formula is C15H17NO2. The summed E-state index contributed by atoms with van der Waals surface area (Å²) in [7, 11) is 1.58. The highest BCUT2D eigenvalue weighted by Crippen LogP contribution is 2.24. The van der Waals surface area contributed by atoms with Crippen LogP contribution in [0, 0.1) is 6.92 Å². The smallest absolute Gasteiger partial charge is 0.124 e. The molecule has 0 aromatic heterocycles. The number of hydrogen-bond donors (Lipinski definition) is 2. The molecule has 3 nitrogen and oxygen atoms in total. The molecule has 0 radical (unpaired) electrons. The molecule has 0 amide bonds. The third-order valence-corrected chi connectivity index (χ3v) is 2.91. The predicted molar refractivity (Wildman–Crippen MR) is 73.2 cm³/mol. The fourth-order valence-corrected chi connectivity index (χ4v) is 1.78. The zero-order chi connectivity index (χ0) is 13.0. The molecule has 2 aromatic carbocycles. The molecule has 0 fully saturated rings. The molecule has 18 heavy (non-hydrogen) atoms. The number of phenols is 1. The van der Waals surface area contributed by atoms with E-state index in [0.29, 0.717) is 12.3 Å². The predicted octanol–water partition coefficient (Wildman–Crippen LogP) is 3.32. The van der Waals surface area contributed by atoms with Crippen LogP contribution in [-0.2, 0) is 6.54 Å². The molecule has 0 atom stereocenters. The van der Waals surface area contributed by atoms with Crippen molar-refractivity contribution in [3.05, 3.63) is 53.6 Å². The van der Waals surface area contributed by atoms with Gasteiger partial charge in [0.05, 0.1) is 7.11 Å². The molecule has 0 saturated carbocycles. The van der Waals surface area contributed by atoms with Crippen molar-refractivity contribution in [2.24, 2.45) is 0 Å². The number of para-hydroxylation sites is 1. The van der Waals surface area contributed by atoms with Crippen molar-refractivity contribution >= 4 is 5.69 Å². The fraction of sp³-hybridized carbons (Fsp3) is 0.200. The van der Waals surface area contributed by atoms with Crippen molar-refractivity contribution in [1.29, 1.82) is 0 Å². The molecule has 94 valence electrons. The molecule has 2 rings (SSSR count). The van der Waals surface area contributed by atoms with E-state index in [0.717, 1.165) is 11.3 Å². The quantitative estimate of drug-likeness (QED) is 0.865. The Kier molecular flexibility index (Phi) is 3.72. The molecule has 0 aliphatic rings. The van der Waals surface area contributed by atoms with Crippen molar-refractivity contribution in [1.82, 2.24) is 0 Å². The minimum Gasteiger partial charge on any atom is -0.507 e. The molecular weight excluding hydrogens is 226 g/mol. The lowest BCUT2D eigenvalue weighted by Crippen LogP contribution is -2.01. The average molecular weight is 243 g/mol. The van der Waals surface area contributed by atoms with Gasteiger partial charge in [0, 0.05) is 23.9 Å². The Labute approximate surface area is 107 Å². The van der Waals surface area contributed by atoms with Gasteiger partial charge in [-0.1, -0.05) is 18.2 Å². The van der Waals surface area contributed by atoms with Gasteiger partial charge in [-0.3, -0.25) is 0 Å². The highest BCUT2D eigenvalue weighted by Gasteiger charge is 2.03. The molecule has 2 N–H and O–H groups in total. The Bertz CT molecular complexity index is 538. The Morgan fingerprint density at radius 3 is 2.61 bits per heavy atom. The minimum atomic E-state index is 0.246. The highest BCUT2D eigenvalue weighted by molar-refractivity contribution is 5.51. The molecule has 3 heteroatoms. The van der Waals surface area contributed by atoms with Gasteiger partial charge in [0.15, 0.2) is 0 Å². The van der Waals surface area contributed by atoms with Gasteiger partial charge in [-0.15, -0.1) is 0 Å². The molecule has 0 bridgehead atoms. The Morgan fingerprint density at radius 2 is 1.94 bits per heavy atom. The third-order valence-electron chi connectivity index (χ3n) is 2.91. The molecule has 0 aliphatic carbocycles. The molecule has 0 aliphatic heterocycles. The maximum absolute atomic E-state index is 9.85. The molecule has 0 saturated heterocycles. The van der Waals surface area contributed by atoms with E-state index in [1.807, 2.05) is 30.3 Å². The van der Waals surface area contributed by atoms with E-state index in [1.54, 1.807) is 13.2 Å². The van der Waals surface area contributed by atoms with E-state index in [9.17, 15) is 5.11 Å². The number of methoxy groups -OCH3 is 1. The van der Waals surface area contributed by atoms with E-state index in [4.69, 9.17) is 4.74 Å². The van der Waals surface area contributed by atoms with Crippen molar-refractivity contribution in [2.75, 3.05) is 12.4 Å². The number of hydrogen-bond acceptors (Lipinski definition) is 3. The standard InChI is InChI=1S/C15H17NO2/c1-11-5-3-4-6-14(11)16-10-12-7-8-13(18-2)9-15(12)17/h3-9,16-17H,10H2,1-2H3. The molecule has 0 unspecified atom stereocenters. The Morgan fingerprint density at radius 1 is 1.17 bits per heavy atom. The normalized spacial score (nSPS) is 10.1. The first kappa shape index (κ1) is 12.3. The summed E-state index contributed by atoms with van der Waals surface area (Å²) >= 11 is 0. The summed E-state index contributed by atoms with van der Waals surface area (Å²) in [5, 5.41) is 13.2. The second-order valence-electron chi connectivity index (χ2n) is 4.16. The van der Waals surface area contributed by atoms with Gasteiger partial charge < -0.3 is 15.2 Å². The van der Waals surface area contributed by atoms with E-state index in [2.05, 4.69) is 18.3 Å². The summed E-state index contributed by atoms with van der Waals surface area (Å²) < 4.78 is 5.05. The number of anilines is 1. The van der Waals surface area contributed by atoms with Gasteiger partial charge in [-0.05, 0) is 30.7 Å². The Balaban J connectivity index is 2.09. The van der Waals surface area contributed by atoms with Gasteiger partial charge in [-0.2, -0.15) is 0 Å². The maximum atomic E-state index is 9.85. The zero-order valence-corrected chi connectivity index (χ0v) is 10.6. The zero-order valence-electron chi connectivity index (χ0n) is 10.6. The first-order valence-corrected chi connectivity index (χ1v) is 5.86. The Hall–Kier alpha value is -2.16. The largest absolute Gasteiger partial charge is 0.507 e. The van der Waals surface area contributed by atoms with Gasteiger partial charge >= 0.3 is 0 Å². The van der Waals surface area contributed by atoms with Crippen LogP contribution < -0.4 is 10.1 Å². The number of nitrogens with one attached hydrogen (secondary N) is 1. The molecule has 0 spiro atoms. The van der Waals surface area contributed by atoms with Gasteiger partial charge in [0.25, 0.3) is 0 Å². The van der Waals surface area contributed by atoms with Crippen molar-refractivity contribution < 1.29 is 9.84 Å². The van der Waals surface area contributed by atoms with Crippen molar-refractivity contribution in [2.45, 2.75) is 13.5 Å². The van der Waals surface area contributed by atoms with Crippen LogP contribution in [-0.4, -0.2) is 12.2 Å². The van der Waals surface area contributed by atoms with Crippen LogP contribution in [0.3, 0.4) is 0 Å². The number of benzene rings is 2. The number of aromatic hydroxyl groups is 1.